The molecule has 1 N–H and O–H groups in total. The lowest BCUT2D eigenvalue weighted by atomic mass is 9.53. The van der Waals surface area contributed by atoms with E-state index in [0.29, 0.717) is 5.54 Å². The van der Waals surface area contributed by atoms with Gasteiger partial charge in [0.05, 0.1) is 6.54 Å². The summed E-state index contributed by atoms with van der Waals surface area (Å²) in [6.07, 6.45) is 8.58. The molecule has 0 aliphatic heterocycles. The summed E-state index contributed by atoms with van der Waals surface area (Å²) in [5, 5.41) is 4.71. The minimum atomic E-state index is 0.383. The first-order valence-electron chi connectivity index (χ1n) is 9.69. The number of benzene rings is 1. The number of nitrogens with one attached hydrogen (secondary N) is 1. The molecule has 6 rings (SSSR count). The summed E-state index contributed by atoms with van der Waals surface area (Å²) in [7, 11) is 0. The van der Waals surface area contributed by atoms with Crippen LogP contribution in [-0.4, -0.2) is 5.54 Å². The molecule has 0 spiro atoms. The van der Waals surface area contributed by atoms with Crippen LogP contribution in [0.15, 0.2) is 34.7 Å². The van der Waals surface area contributed by atoms with Gasteiger partial charge in [0.2, 0.25) is 0 Å². The van der Waals surface area contributed by atoms with Gasteiger partial charge in [-0.1, -0.05) is 23.7 Å². The zero-order valence-corrected chi connectivity index (χ0v) is 15.6. The van der Waals surface area contributed by atoms with Crippen LogP contribution < -0.4 is 5.32 Å². The Morgan fingerprint density at radius 2 is 1.72 bits per heavy atom. The Hall–Kier alpha value is -1.25. The van der Waals surface area contributed by atoms with Gasteiger partial charge in [-0.15, -0.1) is 0 Å². The maximum Gasteiger partial charge on any atom is 0.134 e. The zero-order valence-electron chi connectivity index (χ0n) is 14.9. The molecule has 2 nitrogen and oxygen atoms in total. The molecule has 4 aliphatic carbocycles. The molecule has 0 unspecified atom stereocenters. The SMILES string of the molecule is Cc1c(Cl)cccc1-c1ccc(CNC23CC4CC(CC(C4)C2)C3)o1. The standard InChI is InChI=1S/C22H26ClNO/c1-14-19(3-2-4-20(14)23)21-6-5-18(25-21)13-24-22-10-15-7-16(11-22)9-17(8-15)12-22/h2-6,15-17,24H,7-13H2,1H3. The van der Waals surface area contributed by atoms with E-state index in [4.69, 9.17) is 16.0 Å². The minimum absolute atomic E-state index is 0.383. The Morgan fingerprint density at radius 1 is 1.04 bits per heavy atom. The highest BCUT2D eigenvalue weighted by Gasteiger charge is 2.50. The lowest BCUT2D eigenvalue weighted by Gasteiger charge is -2.57. The van der Waals surface area contributed by atoms with Gasteiger partial charge in [-0.3, -0.25) is 0 Å². The van der Waals surface area contributed by atoms with Crippen molar-refractivity contribution in [2.24, 2.45) is 17.8 Å². The second-order valence-corrected chi connectivity index (χ2v) is 9.14. The average Bonchev–Trinajstić information content (AvgIpc) is 3.03. The first-order valence-corrected chi connectivity index (χ1v) is 10.1. The van der Waals surface area contributed by atoms with Crippen LogP contribution >= 0.6 is 11.6 Å². The van der Waals surface area contributed by atoms with Crippen LogP contribution in [-0.2, 0) is 6.54 Å². The predicted molar refractivity (Wildman–Crippen MR) is 102 cm³/mol. The summed E-state index contributed by atoms with van der Waals surface area (Å²) in [6, 6.07) is 10.2. The first-order chi connectivity index (χ1) is 12.1. The quantitative estimate of drug-likeness (QED) is 0.731. The van der Waals surface area contributed by atoms with Crippen LogP contribution in [0.25, 0.3) is 11.3 Å². The van der Waals surface area contributed by atoms with Gasteiger partial charge < -0.3 is 9.73 Å². The lowest BCUT2D eigenvalue weighted by Crippen LogP contribution is -2.58. The van der Waals surface area contributed by atoms with Crippen molar-refractivity contribution in [3.63, 3.8) is 0 Å². The number of hydrogen-bond acceptors (Lipinski definition) is 2. The molecular weight excluding hydrogens is 330 g/mol. The molecule has 0 saturated heterocycles. The van der Waals surface area contributed by atoms with E-state index in [1.165, 1.54) is 38.5 Å². The third-order valence-electron chi connectivity index (χ3n) is 6.87. The van der Waals surface area contributed by atoms with Gasteiger partial charge in [0.25, 0.3) is 0 Å². The average molecular weight is 356 g/mol. The van der Waals surface area contributed by atoms with Crippen molar-refractivity contribution in [3.05, 3.63) is 46.7 Å². The number of furan rings is 1. The van der Waals surface area contributed by atoms with Crippen LogP contribution in [0.5, 0.6) is 0 Å². The summed E-state index contributed by atoms with van der Waals surface area (Å²) in [5.41, 5.74) is 2.56. The van der Waals surface area contributed by atoms with Crippen molar-refractivity contribution in [3.8, 4) is 11.3 Å². The normalized spacial score (nSPS) is 33.1. The molecule has 0 radical (unpaired) electrons. The zero-order chi connectivity index (χ0) is 17.0. The van der Waals surface area contributed by atoms with Crippen molar-refractivity contribution < 1.29 is 4.42 Å². The number of hydrogen-bond donors (Lipinski definition) is 1. The van der Waals surface area contributed by atoms with Gasteiger partial charge in [0, 0.05) is 16.1 Å². The van der Waals surface area contributed by atoms with E-state index in [0.717, 1.165) is 52.0 Å². The Labute approximate surface area is 154 Å². The maximum atomic E-state index is 6.25. The third-order valence-corrected chi connectivity index (χ3v) is 7.28. The van der Waals surface area contributed by atoms with E-state index < -0.39 is 0 Å². The Bertz CT molecular complexity index is 758. The summed E-state index contributed by atoms with van der Waals surface area (Å²) in [4.78, 5) is 0. The smallest absolute Gasteiger partial charge is 0.134 e. The van der Waals surface area contributed by atoms with Crippen molar-refractivity contribution in [2.75, 3.05) is 0 Å². The third kappa shape index (κ3) is 2.84. The van der Waals surface area contributed by atoms with E-state index in [1.807, 2.05) is 19.1 Å². The molecule has 4 saturated carbocycles. The van der Waals surface area contributed by atoms with E-state index in [9.17, 15) is 0 Å². The van der Waals surface area contributed by atoms with Gasteiger partial charge in [-0.2, -0.15) is 0 Å². The largest absolute Gasteiger partial charge is 0.460 e. The molecular formula is C22H26ClNO. The van der Waals surface area contributed by atoms with Crippen molar-refractivity contribution >= 4 is 11.6 Å². The van der Waals surface area contributed by atoms with Crippen LogP contribution in [0.2, 0.25) is 5.02 Å². The highest BCUT2D eigenvalue weighted by molar-refractivity contribution is 6.31. The second kappa shape index (κ2) is 5.89. The molecule has 3 heteroatoms. The lowest BCUT2D eigenvalue weighted by molar-refractivity contribution is -0.0213. The highest BCUT2D eigenvalue weighted by atomic mass is 35.5. The van der Waals surface area contributed by atoms with E-state index in [2.05, 4.69) is 23.5 Å². The molecule has 0 atom stereocenters. The molecule has 4 fully saturated rings. The predicted octanol–water partition coefficient (Wildman–Crippen LogP) is 5.97. The summed E-state index contributed by atoms with van der Waals surface area (Å²) >= 11 is 6.25. The topological polar surface area (TPSA) is 25.2 Å². The fourth-order valence-electron chi connectivity index (χ4n) is 6.09. The van der Waals surface area contributed by atoms with Gasteiger partial charge in [-0.05, 0) is 87.0 Å². The summed E-state index contributed by atoms with van der Waals surface area (Å²) in [5.74, 6) is 4.87. The molecule has 2 aromatic rings. The van der Waals surface area contributed by atoms with E-state index in [1.54, 1.807) is 0 Å². The van der Waals surface area contributed by atoms with Crippen LogP contribution in [0.3, 0.4) is 0 Å². The van der Waals surface area contributed by atoms with Gasteiger partial charge in [0.1, 0.15) is 11.5 Å². The fraction of sp³-hybridized carbons (Fsp3) is 0.545. The van der Waals surface area contributed by atoms with Gasteiger partial charge in [0.15, 0.2) is 0 Å². The second-order valence-electron chi connectivity index (χ2n) is 8.73. The maximum absolute atomic E-state index is 6.25. The van der Waals surface area contributed by atoms with Crippen LogP contribution in [0.4, 0.5) is 0 Å². The van der Waals surface area contributed by atoms with E-state index in [-0.39, 0.29) is 0 Å². The molecule has 132 valence electrons. The summed E-state index contributed by atoms with van der Waals surface area (Å²) < 4.78 is 6.15. The minimum Gasteiger partial charge on any atom is -0.460 e. The fourth-order valence-corrected chi connectivity index (χ4v) is 6.27. The number of rotatable bonds is 4. The first kappa shape index (κ1) is 16.0. The molecule has 1 aromatic carbocycles. The van der Waals surface area contributed by atoms with Gasteiger partial charge >= 0.3 is 0 Å². The molecule has 1 heterocycles. The molecule has 0 amide bonds. The molecule has 4 aliphatic rings. The monoisotopic (exact) mass is 355 g/mol. The number of halogens is 1. The Kier molecular flexibility index (Phi) is 3.76. The van der Waals surface area contributed by atoms with Crippen LogP contribution in [0.1, 0.15) is 49.8 Å². The highest BCUT2D eigenvalue weighted by Crippen LogP contribution is 2.55. The van der Waals surface area contributed by atoms with Crippen molar-refractivity contribution in [1.29, 1.82) is 0 Å². The Balaban J connectivity index is 1.31. The Morgan fingerprint density at radius 3 is 2.40 bits per heavy atom. The van der Waals surface area contributed by atoms with Crippen molar-refractivity contribution in [1.82, 2.24) is 5.32 Å². The van der Waals surface area contributed by atoms with Crippen LogP contribution in [0, 0.1) is 24.7 Å². The summed E-state index contributed by atoms with van der Waals surface area (Å²) in [6.45, 7) is 2.89. The molecule has 4 bridgehead atoms. The van der Waals surface area contributed by atoms with E-state index >= 15 is 0 Å². The molecule has 1 aromatic heterocycles. The van der Waals surface area contributed by atoms with Gasteiger partial charge in [-0.25, -0.2) is 0 Å². The molecule has 25 heavy (non-hydrogen) atoms. The van der Waals surface area contributed by atoms with Crippen molar-refractivity contribution in [2.45, 2.75) is 57.5 Å².